The summed E-state index contributed by atoms with van der Waals surface area (Å²) in [6.07, 6.45) is 5.64. The minimum Gasteiger partial charge on any atom is -0.368 e. The van der Waals surface area contributed by atoms with E-state index in [2.05, 4.69) is 35.6 Å². The van der Waals surface area contributed by atoms with Gasteiger partial charge in [0.1, 0.15) is 5.82 Å². The van der Waals surface area contributed by atoms with Gasteiger partial charge >= 0.3 is 0 Å². The van der Waals surface area contributed by atoms with E-state index in [4.69, 9.17) is 5.73 Å². The second-order valence-corrected chi connectivity index (χ2v) is 5.66. The fourth-order valence-electron chi connectivity index (χ4n) is 2.77. The van der Waals surface area contributed by atoms with Crippen molar-refractivity contribution in [3.05, 3.63) is 11.8 Å². The zero-order valence-electron chi connectivity index (χ0n) is 11.7. The molecule has 2 heterocycles. The molecule has 1 unspecified atom stereocenters. The van der Waals surface area contributed by atoms with Gasteiger partial charge in [-0.3, -0.25) is 0 Å². The molecule has 18 heavy (non-hydrogen) atoms. The smallest absolute Gasteiger partial charge is 0.221 e. The van der Waals surface area contributed by atoms with Crippen molar-refractivity contribution in [1.82, 2.24) is 9.97 Å². The van der Waals surface area contributed by atoms with E-state index in [0.717, 1.165) is 36.3 Å². The lowest BCUT2D eigenvalue weighted by molar-refractivity contribution is 0.351. The number of nitrogens with zero attached hydrogens (tertiary/aromatic N) is 3. The van der Waals surface area contributed by atoms with E-state index in [9.17, 15) is 0 Å². The van der Waals surface area contributed by atoms with Crippen molar-refractivity contribution >= 4 is 11.8 Å². The topological polar surface area (TPSA) is 55.0 Å². The van der Waals surface area contributed by atoms with Crippen LogP contribution in [0.1, 0.15) is 38.7 Å². The zero-order valence-corrected chi connectivity index (χ0v) is 11.7. The van der Waals surface area contributed by atoms with Crippen molar-refractivity contribution in [2.24, 2.45) is 11.8 Å². The molecule has 1 aliphatic rings. The van der Waals surface area contributed by atoms with Crippen LogP contribution in [0.4, 0.5) is 11.8 Å². The monoisotopic (exact) mass is 248 g/mol. The largest absolute Gasteiger partial charge is 0.368 e. The maximum absolute atomic E-state index is 5.70. The highest BCUT2D eigenvalue weighted by Gasteiger charge is 2.21. The van der Waals surface area contributed by atoms with E-state index in [0.29, 0.717) is 5.95 Å². The molecule has 100 valence electrons. The van der Waals surface area contributed by atoms with E-state index in [1.54, 1.807) is 0 Å². The molecule has 1 saturated heterocycles. The number of aryl methyl sites for hydroxylation is 1. The van der Waals surface area contributed by atoms with Gasteiger partial charge in [-0.15, -0.1) is 0 Å². The molecule has 1 aromatic rings. The first-order chi connectivity index (χ1) is 8.58. The Hall–Kier alpha value is -1.32. The van der Waals surface area contributed by atoms with Crippen LogP contribution in [-0.4, -0.2) is 23.1 Å². The van der Waals surface area contributed by atoms with Crippen LogP contribution in [0.15, 0.2) is 6.20 Å². The number of anilines is 2. The Balaban J connectivity index is 2.12. The van der Waals surface area contributed by atoms with Gasteiger partial charge in [-0.05, 0) is 38.0 Å². The number of nitrogens with two attached hydrogens (primary N) is 1. The van der Waals surface area contributed by atoms with E-state index in [1.807, 2.05) is 6.20 Å². The van der Waals surface area contributed by atoms with E-state index in [1.165, 1.54) is 19.3 Å². The summed E-state index contributed by atoms with van der Waals surface area (Å²) < 4.78 is 0. The molecule has 1 aliphatic heterocycles. The van der Waals surface area contributed by atoms with Crippen LogP contribution < -0.4 is 10.6 Å². The number of aromatic nitrogens is 2. The minimum absolute atomic E-state index is 0.375. The van der Waals surface area contributed by atoms with Crippen molar-refractivity contribution in [2.45, 2.75) is 40.0 Å². The maximum atomic E-state index is 5.70. The van der Waals surface area contributed by atoms with Crippen molar-refractivity contribution in [1.29, 1.82) is 0 Å². The van der Waals surface area contributed by atoms with Gasteiger partial charge in [0.2, 0.25) is 5.95 Å². The standard InChI is InChI=1S/C14H24N4/c1-10(2)12-5-4-7-18(8-6-12)13-11(3)9-16-14(15)17-13/h9-10,12H,4-8H2,1-3H3,(H2,15,16,17). The third kappa shape index (κ3) is 2.92. The Morgan fingerprint density at radius 3 is 2.83 bits per heavy atom. The van der Waals surface area contributed by atoms with Gasteiger partial charge in [0.25, 0.3) is 0 Å². The van der Waals surface area contributed by atoms with Crippen LogP contribution in [0, 0.1) is 18.8 Å². The molecule has 0 bridgehead atoms. The molecule has 0 aliphatic carbocycles. The lowest BCUT2D eigenvalue weighted by Crippen LogP contribution is -2.26. The van der Waals surface area contributed by atoms with Crippen LogP contribution in [0.2, 0.25) is 0 Å². The summed E-state index contributed by atoms with van der Waals surface area (Å²) in [4.78, 5) is 10.8. The minimum atomic E-state index is 0.375. The third-order valence-electron chi connectivity index (χ3n) is 3.98. The molecule has 1 atom stereocenters. The second kappa shape index (κ2) is 5.55. The van der Waals surface area contributed by atoms with E-state index < -0.39 is 0 Å². The van der Waals surface area contributed by atoms with Crippen LogP contribution in [0.5, 0.6) is 0 Å². The highest BCUT2D eigenvalue weighted by molar-refractivity contribution is 5.48. The molecule has 0 amide bonds. The fraction of sp³-hybridized carbons (Fsp3) is 0.714. The number of nitrogen functional groups attached to an aromatic ring is 1. The summed E-state index contributed by atoms with van der Waals surface area (Å²) in [7, 11) is 0. The summed E-state index contributed by atoms with van der Waals surface area (Å²) in [5.74, 6) is 3.02. The Labute approximate surface area is 110 Å². The number of hydrogen-bond donors (Lipinski definition) is 1. The highest BCUT2D eigenvalue weighted by Crippen LogP contribution is 2.27. The molecule has 4 heteroatoms. The molecule has 1 aromatic heterocycles. The van der Waals surface area contributed by atoms with Crippen LogP contribution in [0.3, 0.4) is 0 Å². The second-order valence-electron chi connectivity index (χ2n) is 5.66. The fourth-order valence-corrected chi connectivity index (χ4v) is 2.77. The van der Waals surface area contributed by atoms with E-state index >= 15 is 0 Å². The Bertz CT molecular complexity index is 403. The summed E-state index contributed by atoms with van der Waals surface area (Å²) >= 11 is 0. The Morgan fingerprint density at radius 2 is 2.11 bits per heavy atom. The molecular weight excluding hydrogens is 224 g/mol. The average Bonchev–Trinajstić information content (AvgIpc) is 2.58. The summed E-state index contributed by atoms with van der Waals surface area (Å²) in [6, 6.07) is 0. The summed E-state index contributed by atoms with van der Waals surface area (Å²) in [6.45, 7) is 8.88. The quantitative estimate of drug-likeness (QED) is 0.874. The molecule has 0 radical (unpaired) electrons. The molecule has 0 spiro atoms. The molecule has 4 nitrogen and oxygen atoms in total. The van der Waals surface area contributed by atoms with Crippen LogP contribution in [0.25, 0.3) is 0 Å². The lowest BCUT2D eigenvalue weighted by Gasteiger charge is -2.24. The maximum Gasteiger partial charge on any atom is 0.221 e. The third-order valence-corrected chi connectivity index (χ3v) is 3.98. The van der Waals surface area contributed by atoms with Crippen LogP contribution >= 0.6 is 0 Å². The van der Waals surface area contributed by atoms with Crippen molar-refractivity contribution in [3.8, 4) is 0 Å². The number of rotatable bonds is 2. The predicted molar refractivity (Wildman–Crippen MR) is 75.6 cm³/mol. The molecular formula is C14H24N4. The van der Waals surface area contributed by atoms with Gasteiger partial charge in [0.15, 0.2) is 0 Å². The lowest BCUT2D eigenvalue weighted by atomic mass is 9.89. The Kier molecular flexibility index (Phi) is 4.04. The SMILES string of the molecule is Cc1cnc(N)nc1N1CCCC(C(C)C)CC1. The van der Waals surface area contributed by atoms with Gasteiger partial charge in [0.05, 0.1) is 0 Å². The first-order valence-electron chi connectivity index (χ1n) is 6.92. The summed E-state index contributed by atoms with van der Waals surface area (Å²) in [5.41, 5.74) is 6.82. The highest BCUT2D eigenvalue weighted by atomic mass is 15.2. The molecule has 1 fully saturated rings. The first-order valence-corrected chi connectivity index (χ1v) is 6.92. The van der Waals surface area contributed by atoms with E-state index in [-0.39, 0.29) is 0 Å². The summed E-state index contributed by atoms with van der Waals surface area (Å²) in [5, 5.41) is 0. The normalized spacial score (nSPS) is 21.1. The van der Waals surface area contributed by atoms with Crippen molar-refractivity contribution in [3.63, 3.8) is 0 Å². The average molecular weight is 248 g/mol. The Morgan fingerprint density at radius 1 is 1.33 bits per heavy atom. The van der Waals surface area contributed by atoms with Crippen LogP contribution in [-0.2, 0) is 0 Å². The molecule has 0 aromatic carbocycles. The van der Waals surface area contributed by atoms with Gasteiger partial charge in [-0.1, -0.05) is 13.8 Å². The van der Waals surface area contributed by atoms with Gasteiger partial charge < -0.3 is 10.6 Å². The van der Waals surface area contributed by atoms with Crippen molar-refractivity contribution in [2.75, 3.05) is 23.7 Å². The molecule has 2 N–H and O–H groups in total. The van der Waals surface area contributed by atoms with Crippen molar-refractivity contribution < 1.29 is 0 Å². The van der Waals surface area contributed by atoms with Gasteiger partial charge in [-0.25, -0.2) is 4.98 Å². The zero-order chi connectivity index (χ0) is 13.1. The van der Waals surface area contributed by atoms with Gasteiger partial charge in [-0.2, -0.15) is 4.98 Å². The predicted octanol–water partition coefficient (Wildman–Crippen LogP) is 2.63. The first kappa shape index (κ1) is 13.1. The molecule has 0 saturated carbocycles. The molecule has 2 rings (SSSR count). The number of hydrogen-bond acceptors (Lipinski definition) is 4. The van der Waals surface area contributed by atoms with Gasteiger partial charge in [0, 0.05) is 24.8 Å².